The molecule has 0 bridgehead atoms. The fourth-order valence-electron chi connectivity index (χ4n) is 0.985. The molecule has 0 saturated heterocycles. The Hall–Kier alpha value is -1.02. The monoisotopic (exact) mass is 210 g/mol. The molecule has 2 nitrogen and oxygen atoms in total. The minimum absolute atomic E-state index is 0.258. The van der Waals surface area contributed by atoms with Crippen molar-refractivity contribution in [3.63, 3.8) is 0 Å². The molecule has 0 amide bonds. The van der Waals surface area contributed by atoms with E-state index in [9.17, 15) is 0 Å². The van der Waals surface area contributed by atoms with Crippen LogP contribution in [0.2, 0.25) is 5.02 Å². The highest BCUT2D eigenvalue weighted by atomic mass is 35.5. The number of hydrogen-bond donors (Lipinski definition) is 1. The summed E-state index contributed by atoms with van der Waals surface area (Å²) in [4.78, 5) is 4.33. The minimum atomic E-state index is 0.258. The van der Waals surface area contributed by atoms with Gasteiger partial charge in [-0.2, -0.15) is 0 Å². The lowest BCUT2D eigenvalue weighted by atomic mass is 10.2. The van der Waals surface area contributed by atoms with Crippen LogP contribution < -0.4 is 5.73 Å². The minimum Gasteiger partial charge on any atom is -0.387 e. The summed E-state index contributed by atoms with van der Waals surface area (Å²) < 4.78 is 0. The molecular weight excluding hydrogens is 196 g/mol. The lowest BCUT2D eigenvalue weighted by Gasteiger charge is -2.06. The second-order valence-electron chi connectivity index (χ2n) is 3.58. The highest BCUT2D eigenvalue weighted by molar-refractivity contribution is 6.31. The Kier molecular flexibility index (Phi) is 3.53. The molecule has 2 N–H and O–H groups in total. The summed E-state index contributed by atoms with van der Waals surface area (Å²) in [6, 6.07) is 5.64. The molecule has 1 rings (SSSR count). The van der Waals surface area contributed by atoms with Gasteiger partial charge < -0.3 is 5.73 Å². The van der Waals surface area contributed by atoms with E-state index >= 15 is 0 Å². The molecule has 14 heavy (non-hydrogen) atoms. The van der Waals surface area contributed by atoms with E-state index in [4.69, 9.17) is 17.3 Å². The van der Waals surface area contributed by atoms with Crippen LogP contribution in [0.4, 0.5) is 5.69 Å². The van der Waals surface area contributed by atoms with E-state index in [0.717, 1.165) is 16.3 Å². The van der Waals surface area contributed by atoms with Crippen molar-refractivity contribution in [2.45, 2.75) is 20.8 Å². The lowest BCUT2D eigenvalue weighted by Crippen LogP contribution is -2.18. The van der Waals surface area contributed by atoms with E-state index in [0.29, 0.717) is 5.84 Å². The van der Waals surface area contributed by atoms with Crippen molar-refractivity contribution in [1.82, 2.24) is 0 Å². The molecule has 0 fully saturated rings. The van der Waals surface area contributed by atoms with Crippen molar-refractivity contribution in [2.75, 3.05) is 0 Å². The number of rotatable bonds is 2. The number of nitrogens with two attached hydrogens (primary N) is 1. The van der Waals surface area contributed by atoms with Crippen molar-refractivity contribution in [1.29, 1.82) is 0 Å². The van der Waals surface area contributed by atoms with Gasteiger partial charge in [0, 0.05) is 10.9 Å². The molecule has 76 valence electrons. The van der Waals surface area contributed by atoms with Gasteiger partial charge >= 0.3 is 0 Å². The average Bonchev–Trinajstić information content (AvgIpc) is 2.12. The zero-order chi connectivity index (χ0) is 10.7. The van der Waals surface area contributed by atoms with Gasteiger partial charge in [0.25, 0.3) is 0 Å². The van der Waals surface area contributed by atoms with Gasteiger partial charge in [-0.3, -0.25) is 0 Å². The van der Waals surface area contributed by atoms with E-state index in [1.54, 1.807) is 0 Å². The van der Waals surface area contributed by atoms with Gasteiger partial charge in [-0.05, 0) is 24.6 Å². The quantitative estimate of drug-likeness (QED) is 0.591. The summed E-state index contributed by atoms with van der Waals surface area (Å²) in [7, 11) is 0. The fourth-order valence-corrected chi connectivity index (χ4v) is 1.15. The molecule has 0 unspecified atom stereocenters. The zero-order valence-electron chi connectivity index (χ0n) is 8.71. The molecule has 0 atom stereocenters. The molecule has 0 aliphatic carbocycles. The van der Waals surface area contributed by atoms with Crippen molar-refractivity contribution >= 4 is 23.1 Å². The third-order valence-corrected chi connectivity index (χ3v) is 2.49. The number of halogens is 1. The van der Waals surface area contributed by atoms with Gasteiger partial charge in [-0.25, -0.2) is 4.99 Å². The topological polar surface area (TPSA) is 38.4 Å². The first-order chi connectivity index (χ1) is 6.52. The van der Waals surface area contributed by atoms with Gasteiger partial charge in [-0.1, -0.05) is 31.5 Å². The van der Waals surface area contributed by atoms with E-state index < -0.39 is 0 Å². The maximum Gasteiger partial charge on any atom is 0.102 e. The molecule has 0 spiro atoms. The summed E-state index contributed by atoms with van der Waals surface area (Å²) in [5, 5.41) is 0.725. The maximum absolute atomic E-state index is 5.97. The number of nitrogens with zero attached hydrogens (tertiary/aromatic N) is 1. The van der Waals surface area contributed by atoms with Crippen LogP contribution in [0.3, 0.4) is 0 Å². The number of amidine groups is 1. The van der Waals surface area contributed by atoms with Gasteiger partial charge in [-0.15, -0.1) is 0 Å². The Labute approximate surface area is 89.8 Å². The van der Waals surface area contributed by atoms with E-state index in [2.05, 4.69) is 4.99 Å². The van der Waals surface area contributed by atoms with Crippen LogP contribution in [0.5, 0.6) is 0 Å². The summed E-state index contributed by atoms with van der Waals surface area (Å²) in [5.74, 6) is 0.892. The Morgan fingerprint density at radius 2 is 2.07 bits per heavy atom. The molecule has 3 heteroatoms. The highest BCUT2D eigenvalue weighted by Gasteiger charge is 2.03. The number of hydrogen-bond acceptors (Lipinski definition) is 1. The summed E-state index contributed by atoms with van der Waals surface area (Å²) in [6.07, 6.45) is 0. The van der Waals surface area contributed by atoms with Crippen LogP contribution in [0.15, 0.2) is 23.2 Å². The van der Waals surface area contributed by atoms with Crippen LogP contribution in [0, 0.1) is 12.8 Å². The first-order valence-electron chi connectivity index (χ1n) is 4.61. The van der Waals surface area contributed by atoms with Crippen molar-refractivity contribution in [3.8, 4) is 0 Å². The largest absolute Gasteiger partial charge is 0.387 e. The van der Waals surface area contributed by atoms with Gasteiger partial charge in [0.05, 0.1) is 5.69 Å². The molecule has 0 aromatic heterocycles. The van der Waals surface area contributed by atoms with E-state index in [1.807, 2.05) is 39.0 Å². The Balaban J connectivity index is 3.09. The summed E-state index contributed by atoms with van der Waals surface area (Å²) in [5.41, 5.74) is 7.60. The summed E-state index contributed by atoms with van der Waals surface area (Å²) in [6.45, 7) is 5.96. The molecule has 0 radical (unpaired) electrons. The zero-order valence-corrected chi connectivity index (χ0v) is 9.47. The maximum atomic E-state index is 5.97. The third kappa shape index (κ3) is 2.48. The molecular formula is C11H15ClN2. The normalized spacial score (nSPS) is 12.2. The fraction of sp³-hybridized carbons (Fsp3) is 0.364. The first-order valence-corrected chi connectivity index (χ1v) is 4.99. The molecule has 0 aliphatic rings. The molecule has 0 heterocycles. The predicted octanol–water partition coefficient (Wildman–Crippen LogP) is 3.29. The van der Waals surface area contributed by atoms with E-state index in [1.165, 1.54) is 0 Å². The number of benzene rings is 1. The van der Waals surface area contributed by atoms with Crippen LogP contribution in [-0.2, 0) is 0 Å². The molecule has 0 saturated carbocycles. The molecule has 0 aliphatic heterocycles. The third-order valence-electron chi connectivity index (χ3n) is 2.08. The van der Waals surface area contributed by atoms with Crippen LogP contribution in [0.1, 0.15) is 19.4 Å². The second kappa shape index (κ2) is 4.47. The van der Waals surface area contributed by atoms with Crippen molar-refractivity contribution in [3.05, 3.63) is 28.8 Å². The highest BCUT2D eigenvalue weighted by Crippen LogP contribution is 2.25. The smallest absolute Gasteiger partial charge is 0.102 e. The van der Waals surface area contributed by atoms with Crippen molar-refractivity contribution < 1.29 is 0 Å². The average molecular weight is 211 g/mol. The predicted molar refractivity (Wildman–Crippen MR) is 62.3 cm³/mol. The SMILES string of the molecule is Cc1c(Cl)cccc1N=C(N)C(C)C. The van der Waals surface area contributed by atoms with Gasteiger partial charge in [0.15, 0.2) is 0 Å². The van der Waals surface area contributed by atoms with Crippen LogP contribution >= 0.6 is 11.6 Å². The Morgan fingerprint density at radius 1 is 1.43 bits per heavy atom. The number of aliphatic imine (C=N–C) groups is 1. The molecule has 1 aromatic carbocycles. The Morgan fingerprint density at radius 3 is 2.64 bits per heavy atom. The van der Waals surface area contributed by atoms with Gasteiger partial charge in [0.1, 0.15) is 5.84 Å². The second-order valence-corrected chi connectivity index (χ2v) is 3.98. The van der Waals surface area contributed by atoms with E-state index in [-0.39, 0.29) is 5.92 Å². The van der Waals surface area contributed by atoms with Crippen LogP contribution in [-0.4, -0.2) is 5.84 Å². The van der Waals surface area contributed by atoms with Crippen molar-refractivity contribution in [2.24, 2.45) is 16.6 Å². The first kappa shape index (κ1) is 11.1. The van der Waals surface area contributed by atoms with Gasteiger partial charge in [0.2, 0.25) is 0 Å². The van der Waals surface area contributed by atoms with Crippen LogP contribution in [0.25, 0.3) is 0 Å². The lowest BCUT2D eigenvalue weighted by molar-refractivity contribution is 0.872. The Bertz CT molecular complexity index is 356. The molecule has 1 aromatic rings. The summed E-state index contributed by atoms with van der Waals surface area (Å²) >= 11 is 5.97. The standard InChI is InChI=1S/C11H15ClN2/c1-7(2)11(13)14-10-6-4-5-9(12)8(10)3/h4-7H,1-3H3,(H2,13,14).